The molecule has 67 valence electrons. The van der Waals surface area contributed by atoms with E-state index >= 15 is 0 Å². The minimum atomic E-state index is 0.498. The molecule has 0 fully saturated rings. The molecule has 0 nitrogen and oxygen atoms in total. The van der Waals surface area contributed by atoms with E-state index in [-0.39, 0.29) is 0 Å². The van der Waals surface area contributed by atoms with Gasteiger partial charge >= 0.3 is 0 Å². The fourth-order valence-electron chi connectivity index (χ4n) is 0.469. The molecule has 0 heterocycles. The van der Waals surface area contributed by atoms with Gasteiger partial charge in [0.2, 0.25) is 0 Å². The Morgan fingerprint density at radius 1 is 0.727 bits per heavy atom. The summed E-state index contributed by atoms with van der Waals surface area (Å²) in [5.74, 6) is 2.47. The van der Waals surface area contributed by atoms with Gasteiger partial charge in [-0.05, 0) is 10.3 Å². The summed E-state index contributed by atoms with van der Waals surface area (Å²) in [5, 5.41) is 0.997. The van der Waals surface area contributed by atoms with Crippen molar-refractivity contribution in [2.75, 3.05) is 0 Å². The van der Waals surface area contributed by atoms with E-state index in [0.717, 1.165) is 17.2 Å². The van der Waals surface area contributed by atoms with Crippen molar-refractivity contribution in [3.8, 4) is 0 Å². The number of rotatable bonds is 2. The van der Waals surface area contributed by atoms with Gasteiger partial charge in [0.25, 0.3) is 0 Å². The van der Waals surface area contributed by atoms with Crippen LogP contribution in [0.15, 0.2) is 0 Å². The van der Waals surface area contributed by atoms with E-state index in [4.69, 9.17) is 0 Å². The summed E-state index contributed by atoms with van der Waals surface area (Å²) in [7, 11) is 2.00. The average molecular weight is 191 g/mol. The Morgan fingerprint density at radius 3 is 1.18 bits per heavy atom. The molecule has 0 N–H and O–H groups in total. The minimum absolute atomic E-state index is 0.498. The minimum Gasteiger partial charge on any atom is -0.108 e. The van der Waals surface area contributed by atoms with Crippen molar-refractivity contribution in [1.82, 2.24) is 0 Å². The first-order valence-electron chi connectivity index (χ1n) is 4.08. The Morgan fingerprint density at radius 2 is 1.00 bits per heavy atom. The van der Waals surface area contributed by atoms with Crippen LogP contribution in [0.2, 0.25) is 0 Å². The van der Waals surface area contributed by atoms with Crippen LogP contribution in [0, 0.1) is 5.90 Å². The van der Waals surface area contributed by atoms with Crippen LogP contribution < -0.4 is 0 Å². The summed E-state index contributed by atoms with van der Waals surface area (Å²) in [6.07, 6.45) is 0. The third-order valence-corrected chi connectivity index (χ3v) is 3.90. The molecule has 0 aliphatic rings. The molecular formula is C9H21P2. The monoisotopic (exact) mass is 191 g/mol. The number of hydrogen-bond acceptors (Lipinski definition) is 0. The molecule has 2 unspecified atom stereocenters. The lowest BCUT2D eigenvalue weighted by atomic mass is 10.3. The predicted molar refractivity (Wildman–Crippen MR) is 60.4 cm³/mol. The Balaban J connectivity index is 3.44. The lowest BCUT2D eigenvalue weighted by molar-refractivity contribution is 0.792. The van der Waals surface area contributed by atoms with Gasteiger partial charge in [-0.25, -0.2) is 0 Å². The average Bonchev–Trinajstić information content (AvgIpc) is 1.55. The van der Waals surface area contributed by atoms with Crippen LogP contribution in [0.5, 0.6) is 0 Å². The van der Waals surface area contributed by atoms with Crippen LogP contribution in [0.25, 0.3) is 0 Å². The van der Waals surface area contributed by atoms with Gasteiger partial charge < -0.3 is 0 Å². The zero-order chi connectivity index (χ0) is 9.12. The van der Waals surface area contributed by atoms with E-state index in [2.05, 4.69) is 47.4 Å². The molecule has 0 saturated carbocycles. The topological polar surface area (TPSA) is 0 Å². The summed E-state index contributed by atoms with van der Waals surface area (Å²) in [4.78, 5) is 0. The van der Waals surface area contributed by atoms with Crippen LogP contribution >= 0.6 is 17.2 Å². The maximum Gasteiger partial charge on any atom is 0.00506 e. The summed E-state index contributed by atoms with van der Waals surface area (Å²) in [5.41, 5.74) is 0. The molecule has 0 saturated heterocycles. The zero-order valence-corrected chi connectivity index (χ0v) is 10.6. The molecule has 2 atom stereocenters. The van der Waals surface area contributed by atoms with Crippen molar-refractivity contribution in [1.29, 1.82) is 0 Å². The standard InChI is InChI=1S/C9H21P2/c1-8(2,3)10-7-11-9(4,5)6/h7,10-11H,1-6H3. The van der Waals surface area contributed by atoms with Crippen LogP contribution in [-0.2, 0) is 0 Å². The molecular weight excluding hydrogens is 170 g/mol. The molecule has 0 aliphatic heterocycles. The largest absolute Gasteiger partial charge is 0.108 e. The van der Waals surface area contributed by atoms with Crippen LogP contribution in [0.3, 0.4) is 0 Å². The normalized spacial score (nSPS) is 15.8. The van der Waals surface area contributed by atoms with Crippen molar-refractivity contribution in [2.45, 2.75) is 51.9 Å². The summed E-state index contributed by atoms with van der Waals surface area (Å²) >= 11 is 0. The SMILES string of the molecule is CC(C)(C)P[CH]PC(C)(C)C. The smallest absolute Gasteiger partial charge is 0.00506 e. The van der Waals surface area contributed by atoms with Crippen molar-refractivity contribution in [3.05, 3.63) is 5.90 Å². The summed E-state index contributed by atoms with van der Waals surface area (Å²) in [6, 6.07) is 0. The third kappa shape index (κ3) is 10.9. The highest BCUT2D eigenvalue weighted by atomic mass is 31.1. The first-order chi connectivity index (χ1) is 4.71. The highest BCUT2D eigenvalue weighted by Crippen LogP contribution is 2.45. The van der Waals surface area contributed by atoms with Gasteiger partial charge in [0.05, 0.1) is 0 Å². The molecule has 0 bridgehead atoms. The molecule has 2 heteroatoms. The second-order valence-electron chi connectivity index (χ2n) is 4.93. The highest BCUT2D eigenvalue weighted by Gasteiger charge is 2.13. The lowest BCUT2D eigenvalue weighted by Gasteiger charge is -2.22. The van der Waals surface area contributed by atoms with Gasteiger partial charge in [-0.1, -0.05) is 41.5 Å². The van der Waals surface area contributed by atoms with E-state index in [0.29, 0.717) is 10.3 Å². The van der Waals surface area contributed by atoms with Gasteiger partial charge in [0, 0.05) is 5.90 Å². The fourth-order valence-corrected chi connectivity index (χ4v) is 4.22. The Hall–Kier alpha value is 0.860. The van der Waals surface area contributed by atoms with E-state index in [9.17, 15) is 0 Å². The highest BCUT2D eigenvalue weighted by molar-refractivity contribution is 7.61. The van der Waals surface area contributed by atoms with E-state index in [1.54, 1.807) is 0 Å². The number of hydrogen-bond donors (Lipinski definition) is 0. The molecule has 0 aromatic heterocycles. The molecule has 1 radical (unpaired) electrons. The molecule has 11 heavy (non-hydrogen) atoms. The quantitative estimate of drug-likeness (QED) is 0.577. The Bertz CT molecular complexity index is 91.7. The van der Waals surface area contributed by atoms with Crippen LogP contribution in [0.4, 0.5) is 0 Å². The second kappa shape index (κ2) is 4.20. The molecule has 0 amide bonds. The zero-order valence-electron chi connectivity index (χ0n) is 8.58. The van der Waals surface area contributed by atoms with Crippen LogP contribution in [-0.4, -0.2) is 10.3 Å². The van der Waals surface area contributed by atoms with Crippen LogP contribution in [0.1, 0.15) is 41.5 Å². The first kappa shape index (κ1) is 11.9. The van der Waals surface area contributed by atoms with E-state index in [1.807, 2.05) is 0 Å². The maximum absolute atomic E-state index is 2.47. The molecule has 0 spiro atoms. The predicted octanol–water partition coefficient (Wildman–Crippen LogP) is 4.06. The van der Waals surface area contributed by atoms with Gasteiger partial charge in [-0.3, -0.25) is 0 Å². The van der Waals surface area contributed by atoms with E-state index < -0.39 is 0 Å². The fraction of sp³-hybridized carbons (Fsp3) is 0.889. The molecule has 0 aromatic carbocycles. The Kier molecular flexibility index (Phi) is 4.53. The lowest BCUT2D eigenvalue weighted by Crippen LogP contribution is -2.06. The first-order valence-corrected chi connectivity index (χ1v) is 6.23. The second-order valence-corrected chi connectivity index (χ2v) is 9.67. The maximum atomic E-state index is 2.47. The van der Waals surface area contributed by atoms with Crippen molar-refractivity contribution in [2.24, 2.45) is 0 Å². The molecule has 0 aromatic rings. The van der Waals surface area contributed by atoms with Gasteiger partial charge in [0.15, 0.2) is 0 Å². The van der Waals surface area contributed by atoms with E-state index in [1.165, 1.54) is 0 Å². The van der Waals surface area contributed by atoms with Gasteiger partial charge in [-0.2, -0.15) is 0 Å². The molecule has 0 aliphatic carbocycles. The van der Waals surface area contributed by atoms with Crippen molar-refractivity contribution < 1.29 is 0 Å². The third-order valence-electron chi connectivity index (χ3n) is 1.01. The summed E-state index contributed by atoms with van der Waals surface area (Å²) in [6.45, 7) is 13.8. The van der Waals surface area contributed by atoms with Gasteiger partial charge in [-0.15, -0.1) is 17.2 Å². The van der Waals surface area contributed by atoms with Crippen molar-refractivity contribution >= 4 is 17.2 Å². The van der Waals surface area contributed by atoms with Gasteiger partial charge in [0.1, 0.15) is 0 Å². The summed E-state index contributed by atoms with van der Waals surface area (Å²) < 4.78 is 0. The van der Waals surface area contributed by atoms with Crippen molar-refractivity contribution in [3.63, 3.8) is 0 Å². The molecule has 0 rings (SSSR count). The Labute approximate surface area is 75.5 Å².